The van der Waals surface area contributed by atoms with E-state index in [1.54, 1.807) is 13.2 Å². The van der Waals surface area contributed by atoms with Crippen LogP contribution in [0.15, 0.2) is 24.4 Å². The summed E-state index contributed by atoms with van der Waals surface area (Å²) >= 11 is 7.48. The smallest absolute Gasteiger partial charge is 0.262 e. The molecule has 2 aromatic heterocycles. The summed E-state index contributed by atoms with van der Waals surface area (Å²) in [5.74, 6) is 0.168. The van der Waals surface area contributed by atoms with Crippen molar-refractivity contribution in [3.05, 3.63) is 44.9 Å². The van der Waals surface area contributed by atoms with E-state index in [9.17, 15) is 9.59 Å². The van der Waals surface area contributed by atoms with Crippen molar-refractivity contribution in [3.63, 3.8) is 0 Å². The van der Waals surface area contributed by atoms with Crippen LogP contribution < -0.4 is 16.0 Å². The number of aryl methyl sites for hydroxylation is 1. The highest BCUT2D eigenvalue weighted by atomic mass is 35.5. The largest absolute Gasteiger partial charge is 0.376 e. The van der Waals surface area contributed by atoms with Crippen molar-refractivity contribution in [3.8, 4) is 0 Å². The standard InChI is InChI=1S/C22H29ClN4O2S/c1-13-17(11-16(23)12-25-13)26-14(2)19-8-9-20(30-19)22(29)27-18(21(28)24-3)10-15-6-4-5-7-15/h8-9,11-12,14-15,18,26H,4-7,10H2,1-3H3,(H,24,28)(H,27,29). The van der Waals surface area contributed by atoms with Crippen LogP contribution >= 0.6 is 22.9 Å². The maximum atomic E-state index is 12.8. The highest BCUT2D eigenvalue weighted by Crippen LogP contribution is 2.30. The Morgan fingerprint density at radius 1 is 1.30 bits per heavy atom. The van der Waals surface area contributed by atoms with E-state index in [0.29, 0.717) is 22.2 Å². The number of pyridine rings is 1. The van der Waals surface area contributed by atoms with E-state index in [1.807, 2.05) is 32.0 Å². The van der Waals surface area contributed by atoms with Crippen LogP contribution in [0.5, 0.6) is 0 Å². The normalized spacial score (nSPS) is 16.1. The van der Waals surface area contributed by atoms with E-state index in [1.165, 1.54) is 24.2 Å². The highest BCUT2D eigenvalue weighted by molar-refractivity contribution is 7.14. The van der Waals surface area contributed by atoms with Gasteiger partial charge in [-0.2, -0.15) is 0 Å². The van der Waals surface area contributed by atoms with E-state index < -0.39 is 6.04 Å². The van der Waals surface area contributed by atoms with Crippen LogP contribution in [0.25, 0.3) is 0 Å². The second-order valence-electron chi connectivity index (χ2n) is 7.88. The Morgan fingerprint density at radius 2 is 2.03 bits per heavy atom. The van der Waals surface area contributed by atoms with E-state index in [4.69, 9.17) is 11.6 Å². The van der Waals surface area contributed by atoms with E-state index >= 15 is 0 Å². The number of hydrogen-bond donors (Lipinski definition) is 3. The molecule has 2 unspecified atom stereocenters. The minimum Gasteiger partial charge on any atom is -0.376 e. The molecule has 1 aliphatic rings. The van der Waals surface area contributed by atoms with Gasteiger partial charge in [-0.25, -0.2) is 0 Å². The first-order valence-electron chi connectivity index (χ1n) is 10.4. The monoisotopic (exact) mass is 448 g/mol. The molecule has 0 saturated heterocycles. The Labute approximate surface area is 186 Å². The van der Waals surface area contributed by atoms with E-state index in [0.717, 1.165) is 29.1 Å². The van der Waals surface area contributed by atoms with Gasteiger partial charge in [-0.3, -0.25) is 14.6 Å². The molecule has 30 heavy (non-hydrogen) atoms. The number of likely N-dealkylation sites (N-methyl/N-ethyl adjacent to an activating group) is 1. The van der Waals surface area contributed by atoms with Gasteiger partial charge in [0.15, 0.2) is 0 Å². The molecule has 2 heterocycles. The molecule has 0 aromatic carbocycles. The molecule has 1 fully saturated rings. The summed E-state index contributed by atoms with van der Waals surface area (Å²) in [7, 11) is 1.61. The molecular weight excluding hydrogens is 420 g/mol. The number of thiophene rings is 1. The SMILES string of the molecule is CNC(=O)C(CC1CCCC1)NC(=O)c1ccc(C(C)Nc2cc(Cl)cnc2C)s1. The van der Waals surface area contributed by atoms with E-state index in [2.05, 4.69) is 20.9 Å². The van der Waals surface area contributed by atoms with E-state index in [-0.39, 0.29) is 17.9 Å². The van der Waals surface area contributed by atoms with Gasteiger partial charge >= 0.3 is 0 Å². The van der Waals surface area contributed by atoms with Crippen LogP contribution in [0.2, 0.25) is 5.02 Å². The number of carbonyl (C=O) groups is 2. The average molecular weight is 449 g/mol. The Bertz CT molecular complexity index is 895. The lowest BCUT2D eigenvalue weighted by molar-refractivity contribution is -0.122. The summed E-state index contributed by atoms with van der Waals surface area (Å²) < 4.78 is 0. The van der Waals surface area contributed by atoms with Crippen LogP contribution in [0.4, 0.5) is 5.69 Å². The van der Waals surface area contributed by atoms with Gasteiger partial charge in [0.2, 0.25) is 5.91 Å². The number of carbonyl (C=O) groups excluding carboxylic acids is 2. The molecule has 3 N–H and O–H groups in total. The van der Waals surface area contributed by atoms with Crippen molar-refractivity contribution in [2.75, 3.05) is 12.4 Å². The zero-order valence-electron chi connectivity index (χ0n) is 17.6. The molecule has 0 radical (unpaired) electrons. The number of aromatic nitrogens is 1. The maximum Gasteiger partial charge on any atom is 0.262 e. The molecule has 2 aromatic rings. The fourth-order valence-corrected chi connectivity index (χ4v) is 4.95. The second kappa shape index (κ2) is 10.3. The molecule has 1 aliphatic carbocycles. The number of anilines is 1. The van der Waals surface area contributed by atoms with Crippen LogP contribution in [-0.2, 0) is 4.79 Å². The van der Waals surface area contributed by atoms with Crippen molar-refractivity contribution >= 4 is 40.4 Å². The molecule has 8 heteroatoms. The highest BCUT2D eigenvalue weighted by Gasteiger charge is 2.27. The fourth-order valence-electron chi connectivity index (χ4n) is 3.88. The van der Waals surface area contributed by atoms with Crippen LogP contribution in [0.3, 0.4) is 0 Å². The lowest BCUT2D eigenvalue weighted by atomic mass is 9.98. The first-order valence-corrected chi connectivity index (χ1v) is 11.6. The van der Waals surface area contributed by atoms with Gasteiger partial charge in [-0.15, -0.1) is 11.3 Å². The number of amides is 2. The lowest BCUT2D eigenvalue weighted by Gasteiger charge is -2.20. The number of rotatable bonds is 8. The summed E-state index contributed by atoms with van der Waals surface area (Å²) in [5.41, 5.74) is 1.73. The summed E-state index contributed by atoms with van der Waals surface area (Å²) in [5, 5.41) is 9.60. The predicted molar refractivity (Wildman–Crippen MR) is 122 cm³/mol. The van der Waals surface area contributed by atoms with Crippen molar-refractivity contribution in [1.29, 1.82) is 0 Å². The topological polar surface area (TPSA) is 83.1 Å². The average Bonchev–Trinajstić information content (AvgIpc) is 3.41. The summed E-state index contributed by atoms with van der Waals surface area (Å²) in [6.07, 6.45) is 7.00. The first-order chi connectivity index (χ1) is 14.4. The summed E-state index contributed by atoms with van der Waals surface area (Å²) in [4.78, 5) is 31.0. The molecule has 3 rings (SSSR count). The number of hydrogen-bond acceptors (Lipinski definition) is 5. The minimum absolute atomic E-state index is 0.0104. The number of nitrogens with zero attached hydrogens (tertiary/aromatic N) is 1. The van der Waals surface area contributed by atoms with Gasteiger partial charge in [-0.1, -0.05) is 37.3 Å². The molecule has 6 nitrogen and oxygen atoms in total. The third-order valence-electron chi connectivity index (χ3n) is 5.61. The Morgan fingerprint density at radius 3 is 2.73 bits per heavy atom. The van der Waals surface area contributed by atoms with Gasteiger partial charge in [0, 0.05) is 18.1 Å². The summed E-state index contributed by atoms with van der Waals surface area (Å²) in [6, 6.07) is 5.10. The number of halogens is 1. The van der Waals surface area contributed by atoms with Gasteiger partial charge in [-0.05, 0) is 44.4 Å². The van der Waals surface area contributed by atoms with Crippen molar-refractivity contribution in [2.45, 2.75) is 58.0 Å². The zero-order valence-corrected chi connectivity index (χ0v) is 19.2. The predicted octanol–water partition coefficient (Wildman–Crippen LogP) is 4.70. The third-order valence-corrected chi connectivity index (χ3v) is 7.09. The van der Waals surface area contributed by atoms with Gasteiger partial charge in [0.05, 0.1) is 27.3 Å². The molecule has 162 valence electrons. The maximum absolute atomic E-state index is 12.8. The van der Waals surface area contributed by atoms with Crippen LogP contribution in [-0.4, -0.2) is 29.9 Å². The Kier molecular flexibility index (Phi) is 7.72. The van der Waals surface area contributed by atoms with Gasteiger partial charge in [0.1, 0.15) is 6.04 Å². The van der Waals surface area contributed by atoms with Gasteiger partial charge in [0.25, 0.3) is 5.91 Å². The molecule has 0 aliphatic heterocycles. The Hall–Kier alpha value is -2.12. The first kappa shape index (κ1) is 22.6. The molecule has 0 spiro atoms. The molecule has 2 amide bonds. The molecular formula is C22H29ClN4O2S. The quantitative estimate of drug-likeness (QED) is 0.546. The number of nitrogens with one attached hydrogen (secondary N) is 3. The third kappa shape index (κ3) is 5.73. The van der Waals surface area contributed by atoms with Crippen molar-refractivity contribution in [2.24, 2.45) is 5.92 Å². The Balaban J connectivity index is 1.65. The van der Waals surface area contributed by atoms with Crippen LogP contribution in [0, 0.1) is 12.8 Å². The fraction of sp³-hybridized carbons (Fsp3) is 0.500. The molecule has 2 atom stereocenters. The second-order valence-corrected chi connectivity index (χ2v) is 9.43. The van der Waals surface area contributed by atoms with Crippen molar-refractivity contribution < 1.29 is 9.59 Å². The van der Waals surface area contributed by atoms with Gasteiger partial charge < -0.3 is 16.0 Å². The van der Waals surface area contributed by atoms with Crippen LogP contribution in [0.1, 0.15) is 65.3 Å². The zero-order chi connectivity index (χ0) is 21.7. The lowest BCUT2D eigenvalue weighted by Crippen LogP contribution is -2.46. The molecule has 1 saturated carbocycles. The summed E-state index contributed by atoms with van der Waals surface area (Å²) in [6.45, 7) is 3.95. The molecule has 0 bridgehead atoms. The minimum atomic E-state index is -0.494. The van der Waals surface area contributed by atoms with Crippen molar-refractivity contribution in [1.82, 2.24) is 15.6 Å².